The Morgan fingerprint density at radius 3 is 2.45 bits per heavy atom. The molecule has 0 aromatic heterocycles. The standard InChI is InChI=1S/C22H16BrCl2N3O3/c23-16-7-5-14(6-8-16)13-31-20-4-2-1-3-15(20)12-26-28-22(30)21(29)27-17-9-10-18(24)19(25)11-17/h1-12H,13H2,(H,27,29)(H,28,30)/b26-12+. The fourth-order valence-corrected chi connectivity index (χ4v) is 3.00. The maximum atomic E-state index is 12.0. The van der Waals surface area contributed by atoms with Crippen molar-refractivity contribution in [3.05, 3.63) is 92.4 Å². The van der Waals surface area contributed by atoms with Gasteiger partial charge in [0.1, 0.15) is 12.4 Å². The number of nitrogens with one attached hydrogen (secondary N) is 2. The number of hydrazone groups is 1. The lowest BCUT2D eigenvalue weighted by Crippen LogP contribution is -2.32. The van der Waals surface area contributed by atoms with Crippen LogP contribution < -0.4 is 15.5 Å². The van der Waals surface area contributed by atoms with Gasteiger partial charge in [0.05, 0.1) is 16.3 Å². The molecule has 31 heavy (non-hydrogen) atoms. The fraction of sp³-hybridized carbons (Fsp3) is 0.0455. The summed E-state index contributed by atoms with van der Waals surface area (Å²) >= 11 is 15.1. The van der Waals surface area contributed by atoms with Crippen LogP contribution in [0.5, 0.6) is 5.75 Å². The quantitative estimate of drug-likeness (QED) is 0.258. The Kier molecular flexibility index (Phi) is 8.06. The van der Waals surface area contributed by atoms with Crippen molar-refractivity contribution in [2.24, 2.45) is 5.10 Å². The molecule has 0 heterocycles. The minimum absolute atomic E-state index is 0.262. The van der Waals surface area contributed by atoms with Crippen molar-refractivity contribution in [2.45, 2.75) is 6.61 Å². The highest BCUT2D eigenvalue weighted by molar-refractivity contribution is 9.10. The fourth-order valence-electron chi connectivity index (χ4n) is 2.43. The van der Waals surface area contributed by atoms with E-state index in [1.165, 1.54) is 24.4 Å². The van der Waals surface area contributed by atoms with Gasteiger partial charge in [-0.1, -0.05) is 63.4 Å². The van der Waals surface area contributed by atoms with E-state index >= 15 is 0 Å². The van der Waals surface area contributed by atoms with Gasteiger partial charge < -0.3 is 10.1 Å². The largest absolute Gasteiger partial charge is 0.488 e. The van der Waals surface area contributed by atoms with E-state index in [9.17, 15) is 9.59 Å². The summed E-state index contributed by atoms with van der Waals surface area (Å²) in [5.41, 5.74) is 4.17. The summed E-state index contributed by atoms with van der Waals surface area (Å²) in [6.07, 6.45) is 1.40. The molecule has 2 amide bonds. The molecular formula is C22H16BrCl2N3O3. The van der Waals surface area contributed by atoms with E-state index in [1.807, 2.05) is 36.4 Å². The normalized spacial score (nSPS) is 10.7. The van der Waals surface area contributed by atoms with E-state index in [0.717, 1.165) is 10.0 Å². The Bertz CT molecular complexity index is 1120. The van der Waals surface area contributed by atoms with Crippen molar-refractivity contribution in [3.8, 4) is 5.75 Å². The number of carbonyl (C=O) groups is 2. The molecule has 0 bridgehead atoms. The summed E-state index contributed by atoms with van der Waals surface area (Å²) < 4.78 is 6.83. The molecule has 0 spiro atoms. The van der Waals surface area contributed by atoms with Crippen LogP contribution in [-0.4, -0.2) is 18.0 Å². The van der Waals surface area contributed by atoms with Crippen molar-refractivity contribution in [1.29, 1.82) is 0 Å². The third-order valence-electron chi connectivity index (χ3n) is 3.98. The molecule has 3 aromatic carbocycles. The maximum absolute atomic E-state index is 12.0. The second-order valence-electron chi connectivity index (χ2n) is 6.24. The van der Waals surface area contributed by atoms with Gasteiger partial charge in [-0.25, -0.2) is 5.43 Å². The summed E-state index contributed by atoms with van der Waals surface area (Å²) in [5, 5.41) is 6.86. The molecule has 2 N–H and O–H groups in total. The molecule has 6 nitrogen and oxygen atoms in total. The number of amides is 2. The van der Waals surface area contributed by atoms with E-state index < -0.39 is 11.8 Å². The lowest BCUT2D eigenvalue weighted by atomic mass is 10.2. The molecular weight excluding hydrogens is 505 g/mol. The van der Waals surface area contributed by atoms with Crippen LogP contribution in [0.25, 0.3) is 0 Å². The first kappa shape index (κ1) is 22.8. The highest BCUT2D eigenvalue weighted by atomic mass is 79.9. The summed E-state index contributed by atoms with van der Waals surface area (Å²) in [6.45, 7) is 0.372. The number of hydrogen-bond donors (Lipinski definition) is 2. The van der Waals surface area contributed by atoms with Crippen molar-refractivity contribution in [2.75, 3.05) is 5.32 Å². The highest BCUT2D eigenvalue weighted by Gasteiger charge is 2.13. The van der Waals surface area contributed by atoms with Gasteiger partial charge in [-0.05, 0) is 48.0 Å². The zero-order valence-corrected chi connectivity index (χ0v) is 19.0. The first-order valence-electron chi connectivity index (χ1n) is 8.98. The Morgan fingerprint density at radius 2 is 1.71 bits per heavy atom. The van der Waals surface area contributed by atoms with Gasteiger partial charge in [0.15, 0.2) is 0 Å². The Balaban J connectivity index is 1.57. The number of benzene rings is 3. The molecule has 0 radical (unpaired) electrons. The molecule has 9 heteroatoms. The van der Waals surface area contributed by atoms with Gasteiger partial charge in [0, 0.05) is 15.7 Å². The number of anilines is 1. The third-order valence-corrected chi connectivity index (χ3v) is 5.25. The number of ether oxygens (including phenoxy) is 1. The van der Waals surface area contributed by atoms with Crippen LogP contribution in [0.1, 0.15) is 11.1 Å². The molecule has 3 rings (SSSR count). The summed E-state index contributed by atoms with van der Waals surface area (Å²) in [4.78, 5) is 24.0. The topological polar surface area (TPSA) is 79.8 Å². The molecule has 0 aliphatic carbocycles. The number of hydrogen-bond acceptors (Lipinski definition) is 4. The molecule has 0 unspecified atom stereocenters. The zero-order chi connectivity index (χ0) is 22.2. The number of halogens is 3. The molecule has 158 valence electrons. The first-order valence-corrected chi connectivity index (χ1v) is 10.5. The van der Waals surface area contributed by atoms with Crippen LogP contribution in [0.15, 0.2) is 76.3 Å². The Labute approximate surface area is 197 Å². The lowest BCUT2D eigenvalue weighted by Gasteiger charge is -2.09. The minimum atomic E-state index is -0.935. The molecule has 0 aliphatic heterocycles. The lowest BCUT2D eigenvalue weighted by molar-refractivity contribution is -0.136. The second-order valence-corrected chi connectivity index (χ2v) is 7.97. The Hall–Kier alpha value is -2.87. The number of carbonyl (C=O) groups excluding carboxylic acids is 2. The average Bonchev–Trinajstić information content (AvgIpc) is 2.76. The van der Waals surface area contributed by atoms with E-state index in [-0.39, 0.29) is 5.02 Å². The van der Waals surface area contributed by atoms with E-state index in [4.69, 9.17) is 27.9 Å². The first-order chi connectivity index (χ1) is 14.9. The summed E-state index contributed by atoms with van der Waals surface area (Å²) in [5.74, 6) is -1.24. The molecule has 0 aliphatic rings. The van der Waals surface area contributed by atoms with Gasteiger partial charge >= 0.3 is 11.8 Å². The Morgan fingerprint density at radius 1 is 0.968 bits per heavy atom. The molecule has 0 fully saturated rings. The van der Waals surface area contributed by atoms with Crippen LogP contribution in [-0.2, 0) is 16.2 Å². The minimum Gasteiger partial charge on any atom is -0.488 e. The monoisotopic (exact) mass is 519 g/mol. The highest BCUT2D eigenvalue weighted by Crippen LogP contribution is 2.25. The van der Waals surface area contributed by atoms with Gasteiger partial charge in [0.2, 0.25) is 0 Å². The second kappa shape index (κ2) is 10.9. The predicted octanol–water partition coefficient (Wildman–Crippen LogP) is 5.42. The van der Waals surface area contributed by atoms with Crippen molar-refractivity contribution in [1.82, 2.24) is 5.43 Å². The van der Waals surface area contributed by atoms with Crippen LogP contribution in [0, 0.1) is 0 Å². The van der Waals surface area contributed by atoms with Crippen LogP contribution in [0.3, 0.4) is 0 Å². The number of nitrogens with zero attached hydrogens (tertiary/aromatic N) is 1. The molecule has 0 atom stereocenters. The van der Waals surface area contributed by atoms with E-state index in [0.29, 0.717) is 28.6 Å². The van der Waals surface area contributed by atoms with Crippen LogP contribution in [0.2, 0.25) is 10.0 Å². The van der Waals surface area contributed by atoms with E-state index in [1.54, 1.807) is 12.1 Å². The van der Waals surface area contributed by atoms with Gasteiger partial charge in [-0.3, -0.25) is 9.59 Å². The summed E-state index contributed by atoms with van der Waals surface area (Å²) in [7, 11) is 0. The van der Waals surface area contributed by atoms with Gasteiger partial charge in [-0.15, -0.1) is 0 Å². The smallest absolute Gasteiger partial charge is 0.329 e. The van der Waals surface area contributed by atoms with Crippen molar-refractivity contribution < 1.29 is 14.3 Å². The molecule has 0 saturated carbocycles. The van der Waals surface area contributed by atoms with Crippen LogP contribution in [0.4, 0.5) is 5.69 Å². The predicted molar refractivity (Wildman–Crippen MR) is 126 cm³/mol. The average molecular weight is 521 g/mol. The third kappa shape index (κ3) is 6.82. The van der Waals surface area contributed by atoms with Crippen molar-refractivity contribution >= 4 is 62.8 Å². The molecule has 3 aromatic rings. The SMILES string of the molecule is O=C(N/N=C/c1ccccc1OCc1ccc(Br)cc1)C(=O)Nc1ccc(Cl)c(Cl)c1. The van der Waals surface area contributed by atoms with Crippen LogP contribution >= 0.6 is 39.1 Å². The van der Waals surface area contributed by atoms with Crippen molar-refractivity contribution in [3.63, 3.8) is 0 Å². The van der Waals surface area contributed by atoms with E-state index in [2.05, 4.69) is 31.8 Å². The molecule has 0 saturated heterocycles. The van der Waals surface area contributed by atoms with Gasteiger partial charge in [-0.2, -0.15) is 5.10 Å². The summed E-state index contributed by atoms with van der Waals surface area (Å²) in [6, 6.07) is 19.5. The number of rotatable bonds is 6. The maximum Gasteiger partial charge on any atom is 0.329 e. The number of para-hydroxylation sites is 1. The zero-order valence-electron chi connectivity index (χ0n) is 15.9. The van der Waals surface area contributed by atoms with Gasteiger partial charge in [0.25, 0.3) is 0 Å².